The third-order valence-electron chi connectivity index (χ3n) is 5.90. The molecule has 1 unspecified atom stereocenters. The van der Waals surface area contributed by atoms with Crippen LogP contribution in [0.3, 0.4) is 0 Å². The first-order valence-corrected chi connectivity index (χ1v) is 11.9. The summed E-state index contributed by atoms with van der Waals surface area (Å²) in [5, 5.41) is 9.92. The van der Waals surface area contributed by atoms with Crippen molar-refractivity contribution in [2.75, 3.05) is 18.5 Å². The minimum Gasteiger partial charge on any atom is -0.477 e. The Hall–Kier alpha value is -2.59. The van der Waals surface area contributed by atoms with E-state index in [1.807, 2.05) is 20.8 Å². The number of thiophene rings is 1. The van der Waals surface area contributed by atoms with Crippen molar-refractivity contribution in [1.82, 2.24) is 4.90 Å². The summed E-state index contributed by atoms with van der Waals surface area (Å²) in [5.74, 6) is 4.52. The fourth-order valence-electron chi connectivity index (χ4n) is 4.10. The topological polar surface area (TPSA) is 77.9 Å². The highest BCUT2D eigenvalue weighted by molar-refractivity contribution is 7.15. The molecule has 0 saturated carbocycles. The summed E-state index contributed by atoms with van der Waals surface area (Å²) in [6.45, 7) is 8.65. The molecular formula is C25H32N2O4S. The van der Waals surface area contributed by atoms with E-state index in [4.69, 9.17) is 0 Å². The van der Waals surface area contributed by atoms with Crippen LogP contribution in [0.5, 0.6) is 0 Å². The molecule has 0 bridgehead atoms. The highest BCUT2D eigenvalue weighted by atomic mass is 32.1. The normalized spacial score (nSPS) is 21.5. The van der Waals surface area contributed by atoms with E-state index >= 15 is 0 Å². The molecule has 1 aromatic heterocycles. The van der Waals surface area contributed by atoms with E-state index in [1.54, 1.807) is 18.0 Å². The number of anilines is 1. The largest absolute Gasteiger partial charge is 0.477 e. The highest BCUT2D eigenvalue weighted by Gasteiger charge is 2.40. The number of nitrogens with zero attached hydrogens (tertiary/aromatic N) is 2. The van der Waals surface area contributed by atoms with Crippen molar-refractivity contribution in [3.8, 4) is 11.8 Å². The first-order valence-electron chi connectivity index (χ1n) is 11.1. The van der Waals surface area contributed by atoms with Crippen molar-refractivity contribution in [3.63, 3.8) is 0 Å². The Kier molecular flexibility index (Phi) is 7.14. The first-order chi connectivity index (χ1) is 15.0. The van der Waals surface area contributed by atoms with E-state index in [-0.39, 0.29) is 28.0 Å². The number of hydrogen-bond acceptors (Lipinski definition) is 4. The van der Waals surface area contributed by atoms with Crippen LogP contribution >= 0.6 is 11.3 Å². The smallest absolute Gasteiger partial charge is 0.348 e. The summed E-state index contributed by atoms with van der Waals surface area (Å²) in [4.78, 5) is 42.7. The Labute approximate surface area is 194 Å². The zero-order chi connectivity index (χ0) is 23.6. The van der Waals surface area contributed by atoms with Gasteiger partial charge < -0.3 is 10.0 Å². The van der Waals surface area contributed by atoms with Crippen LogP contribution in [0.4, 0.5) is 5.69 Å². The van der Waals surface area contributed by atoms with Gasteiger partial charge in [0.15, 0.2) is 0 Å². The molecule has 2 heterocycles. The van der Waals surface area contributed by atoms with Crippen LogP contribution < -0.4 is 4.90 Å². The van der Waals surface area contributed by atoms with Gasteiger partial charge in [-0.15, -0.1) is 11.3 Å². The summed E-state index contributed by atoms with van der Waals surface area (Å²) >= 11 is 1.06. The molecule has 0 aromatic carbocycles. The molecule has 7 heteroatoms. The SMILES string of the molecule is CC1=CCC(C(=O)N(c2cc(C#CC(C)(C)C)sc2C(=O)O)[C@H]2CCCN(C)C2=O)CC1. The molecule has 1 N–H and O–H groups in total. The molecule has 2 aliphatic rings. The number of amides is 2. The summed E-state index contributed by atoms with van der Waals surface area (Å²) < 4.78 is 0. The number of carboxylic acid groups (broad SMARTS) is 1. The van der Waals surface area contributed by atoms with E-state index in [9.17, 15) is 19.5 Å². The molecule has 1 aromatic rings. The number of likely N-dealkylation sites (N-methyl/N-ethyl adjacent to an activating group) is 1. The van der Waals surface area contributed by atoms with Crippen molar-refractivity contribution in [1.29, 1.82) is 0 Å². The molecule has 1 aliphatic carbocycles. The number of allylic oxidation sites excluding steroid dienone is 2. The van der Waals surface area contributed by atoms with Crippen LogP contribution in [0.1, 0.15) is 74.3 Å². The minimum atomic E-state index is -1.11. The number of carbonyl (C=O) groups excluding carboxylic acids is 2. The van der Waals surface area contributed by atoms with Gasteiger partial charge in [0, 0.05) is 24.9 Å². The van der Waals surface area contributed by atoms with Crippen LogP contribution in [0.2, 0.25) is 0 Å². The van der Waals surface area contributed by atoms with Crippen LogP contribution in [-0.4, -0.2) is 47.4 Å². The summed E-state index contributed by atoms with van der Waals surface area (Å²) in [6.07, 6.45) is 5.52. The molecule has 32 heavy (non-hydrogen) atoms. The van der Waals surface area contributed by atoms with Gasteiger partial charge >= 0.3 is 5.97 Å². The predicted molar refractivity (Wildman–Crippen MR) is 127 cm³/mol. The Balaban J connectivity index is 2.09. The zero-order valence-corrected chi connectivity index (χ0v) is 20.3. The number of likely N-dealkylation sites (tertiary alicyclic amines) is 1. The van der Waals surface area contributed by atoms with Gasteiger partial charge in [0.25, 0.3) is 0 Å². The van der Waals surface area contributed by atoms with Crippen molar-refractivity contribution in [2.45, 2.75) is 65.8 Å². The minimum absolute atomic E-state index is 0.0557. The summed E-state index contributed by atoms with van der Waals surface area (Å²) in [5.41, 5.74) is 1.32. The Morgan fingerprint density at radius 3 is 2.59 bits per heavy atom. The maximum atomic E-state index is 13.8. The van der Waals surface area contributed by atoms with Crippen LogP contribution in [-0.2, 0) is 9.59 Å². The Morgan fingerprint density at radius 2 is 2.00 bits per heavy atom. The average Bonchev–Trinajstić information content (AvgIpc) is 3.14. The Bertz CT molecular complexity index is 1010. The monoisotopic (exact) mass is 456 g/mol. The lowest BCUT2D eigenvalue weighted by Crippen LogP contribution is -2.55. The second-order valence-corrected chi connectivity index (χ2v) is 10.8. The van der Waals surface area contributed by atoms with Gasteiger partial charge in [0.05, 0.1) is 10.6 Å². The molecule has 1 fully saturated rings. The van der Waals surface area contributed by atoms with Gasteiger partial charge in [-0.25, -0.2) is 4.79 Å². The van der Waals surface area contributed by atoms with Crippen molar-refractivity contribution >= 4 is 34.8 Å². The molecule has 2 amide bonds. The lowest BCUT2D eigenvalue weighted by molar-refractivity contribution is -0.136. The first kappa shape index (κ1) is 24.1. The third-order valence-corrected chi connectivity index (χ3v) is 6.92. The summed E-state index contributed by atoms with van der Waals surface area (Å²) in [7, 11) is 1.73. The lowest BCUT2D eigenvalue weighted by atomic mass is 9.88. The number of rotatable bonds is 4. The standard InChI is InChI=1S/C25H32N2O4S/c1-16-8-10-17(11-9-16)22(28)27(19-7-6-14-26(5)23(19)29)20-15-18(12-13-25(2,3)4)32-21(20)24(30)31/h8,15,17,19H,6-7,9-11,14H2,1-5H3,(H,30,31)/t17?,19-/m0/s1. The van der Waals surface area contributed by atoms with Crippen molar-refractivity contribution in [3.05, 3.63) is 27.5 Å². The molecule has 2 atom stereocenters. The van der Waals surface area contributed by atoms with E-state index < -0.39 is 12.0 Å². The fourth-order valence-corrected chi connectivity index (χ4v) is 4.94. The molecule has 6 nitrogen and oxygen atoms in total. The second kappa shape index (κ2) is 9.50. The fraction of sp³-hybridized carbons (Fsp3) is 0.560. The van der Waals surface area contributed by atoms with Crippen LogP contribution in [0.25, 0.3) is 0 Å². The quantitative estimate of drug-likeness (QED) is 0.533. The highest BCUT2D eigenvalue weighted by Crippen LogP contribution is 2.36. The molecule has 1 saturated heterocycles. The van der Waals surface area contributed by atoms with E-state index in [0.29, 0.717) is 36.4 Å². The molecule has 1 aliphatic heterocycles. The van der Waals surface area contributed by atoms with E-state index in [0.717, 1.165) is 24.2 Å². The maximum absolute atomic E-state index is 13.8. The van der Waals surface area contributed by atoms with Gasteiger partial charge in [-0.05, 0) is 65.9 Å². The van der Waals surface area contributed by atoms with E-state index in [1.165, 1.54) is 10.5 Å². The maximum Gasteiger partial charge on any atom is 0.348 e. The molecular weight excluding hydrogens is 424 g/mol. The molecule has 3 rings (SSSR count). The molecule has 172 valence electrons. The number of carboxylic acids is 1. The number of piperidine rings is 1. The average molecular weight is 457 g/mol. The van der Waals surface area contributed by atoms with Crippen molar-refractivity contribution in [2.24, 2.45) is 11.3 Å². The number of carbonyl (C=O) groups is 3. The van der Waals surface area contributed by atoms with Gasteiger partial charge in [0.1, 0.15) is 10.9 Å². The lowest BCUT2D eigenvalue weighted by Gasteiger charge is -2.38. The van der Waals surface area contributed by atoms with Crippen LogP contribution in [0, 0.1) is 23.2 Å². The van der Waals surface area contributed by atoms with Gasteiger partial charge in [-0.1, -0.05) is 23.5 Å². The van der Waals surface area contributed by atoms with Gasteiger partial charge in [-0.2, -0.15) is 0 Å². The summed E-state index contributed by atoms with van der Waals surface area (Å²) in [6, 6.07) is 0.987. The number of aromatic carboxylic acids is 1. The van der Waals surface area contributed by atoms with Crippen LogP contribution in [0.15, 0.2) is 17.7 Å². The van der Waals surface area contributed by atoms with E-state index in [2.05, 4.69) is 24.8 Å². The predicted octanol–water partition coefficient (Wildman–Crippen LogP) is 4.54. The number of hydrogen-bond donors (Lipinski definition) is 1. The molecule has 0 radical (unpaired) electrons. The van der Waals surface area contributed by atoms with Gasteiger partial charge in [-0.3, -0.25) is 14.5 Å². The van der Waals surface area contributed by atoms with Crippen molar-refractivity contribution < 1.29 is 19.5 Å². The molecule has 0 spiro atoms. The second-order valence-electron chi connectivity index (χ2n) is 9.78. The Morgan fingerprint density at radius 1 is 1.28 bits per heavy atom. The van der Waals surface area contributed by atoms with Gasteiger partial charge in [0.2, 0.25) is 11.8 Å². The zero-order valence-electron chi connectivity index (χ0n) is 19.5. The third kappa shape index (κ3) is 5.42.